The van der Waals surface area contributed by atoms with Gasteiger partial charge in [-0.1, -0.05) is 60.4 Å². The van der Waals surface area contributed by atoms with E-state index in [-0.39, 0.29) is 11.8 Å². The molecule has 26 heavy (non-hydrogen) atoms. The molecule has 2 aromatic carbocycles. The van der Waals surface area contributed by atoms with Crippen molar-refractivity contribution in [3.63, 3.8) is 0 Å². The van der Waals surface area contributed by atoms with Crippen molar-refractivity contribution >= 4 is 39.4 Å². The fraction of sp³-hybridized carbons (Fsp3) is 0.300. The quantitative estimate of drug-likeness (QED) is 0.703. The first kappa shape index (κ1) is 20.5. The van der Waals surface area contributed by atoms with Crippen LogP contribution in [0.3, 0.4) is 0 Å². The van der Waals surface area contributed by atoms with E-state index in [1.807, 2.05) is 12.1 Å². The molecule has 0 heterocycles. The van der Waals surface area contributed by atoms with Crippen LogP contribution in [-0.4, -0.2) is 23.0 Å². The fourth-order valence-corrected chi connectivity index (χ4v) is 3.09. The molecule has 0 aromatic heterocycles. The van der Waals surface area contributed by atoms with E-state index in [2.05, 4.69) is 42.0 Å². The Morgan fingerprint density at radius 1 is 1.15 bits per heavy atom. The molecule has 2 rings (SSSR count). The number of carbonyl (C=O) groups is 2. The van der Waals surface area contributed by atoms with Crippen LogP contribution in [0.5, 0.6) is 0 Å². The maximum Gasteiger partial charge on any atom is 0.326 e. The predicted octanol–water partition coefficient (Wildman–Crippen LogP) is 4.83. The van der Waals surface area contributed by atoms with E-state index >= 15 is 0 Å². The highest BCUT2D eigenvalue weighted by molar-refractivity contribution is 9.10. The molecule has 6 heteroatoms. The lowest BCUT2D eigenvalue weighted by Crippen LogP contribution is -2.42. The molecule has 4 nitrogen and oxygen atoms in total. The zero-order valence-corrected chi connectivity index (χ0v) is 17.2. The molecule has 0 aliphatic rings. The molecule has 1 amide bonds. The van der Waals surface area contributed by atoms with Crippen molar-refractivity contribution in [3.05, 3.63) is 68.7 Å². The van der Waals surface area contributed by atoms with Gasteiger partial charge in [-0.15, -0.1) is 0 Å². The van der Waals surface area contributed by atoms with Gasteiger partial charge < -0.3 is 10.4 Å². The number of aliphatic carboxylic acids is 1. The summed E-state index contributed by atoms with van der Waals surface area (Å²) in [4.78, 5) is 24.0. The van der Waals surface area contributed by atoms with Crippen LogP contribution in [0.4, 0.5) is 0 Å². The third-order valence-electron chi connectivity index (χ3n) is 4.05. The molecule has 0 saturated carbocycles. The summed E-state index contributed by atoms with van der Waals surface area (Å²) in [7, 11) is 0. The molecule has 2 aromatic rings. The zero-order valence-electron chi connectivity index (χ0n) is 14.8. The molecule has 0 bridgehead atoms. The van der Waals surface area contributed by atoms with Gasteiger partial charge in [0.25, 0.3) is 5.91 Å². The van der Waals surface area contributed by atoms with Crippen LogP contribution in [0.2, 0.25) is 5.02 Å². The predicted molar refractivity (Wildman–Crippen MR) is 107 cm³/mol. The van der Waals surface area contributed by atoms with Gasteiger partial charge in [0.05, 0.1) is 0 Å². The second-order valence-corrected chi connectivity index (χ2v) is 8.42. The van der Waals surface area contributed by atoms with Gasteiger partial charge in [0.1, 0.15) is 6.04 Å². The molecular formula is C20H21BrClNO3. The minimum atomic E-state index is -1.10. The van der Waals surface area contributed by atoms with E-state index in [0.29, 0.717) is 16.1 Å². The largest absolute Gasteiger partial charge is 0.480 e. The van der Waals surface area contributed by atoms with E-state index in [1.165, 1.54) is 0 Å². The molecule has 0 radical (unpaired) electrons. The van der Waals surface area contributed by atoms with Crippen LogP contribution in [0, 0.1) is 0 Å². The van der Waals surface area contributed by atoms with Gasteiger partial charge in [0.15, 0.2) is 0 Å². The minimum absolute atomic E-state index is 0.0164. The van der Waals surface area contributed by atoms with E-state index in [4.69, 9.17) is 11.6 Å². The highest BCUT2D eigenvalue weighted by Gasteiger charge is 2.23. The average Bonchev–Trinajstić information content (AvgIpc) is 2.56. The molecule has 0 spiro atoms. The Hall–Kier alpha value is -1.85. The van der Waals surface area contributed by atoms with E-state index in [9.17, 15) is 14.7 Å². The summed E-state index contributed by atoms with van der Waals surface area (Å²) in [5.74, 6) is -1.52. The van der Waals surface area contributed by atoms with Crippen LogP contribution < -0.4 is 5.32 Å². The van der Waals surface area contributed by atoms with Crippen molar-refractivity contribution in [2.24, 2.45) is 0 Å². The first-order chi connectivity index (χ1) is 12.1. The second-order valence-electron chi connectivity index (χ2n) is 7.13. The van der Waals surface area contributed by atoms with Gasteiger partial charge in [-0.3, -0.25) is 4.79 Å². The monoisotopic (exact) mass is 437 g/mol. The highest BCUT2D eigenvalue weighted by atomic mass is 79.9. The van der Waals surface area contributed by atoms with Gasteiger partial charge in [-0.2, -0.15) is 0 Å². The summed E-state index contributed by atoms with van der Waals surface area (Å²) in [6.07, 6.45) is 0.127. The number of nitrogens with one attached hydrogen (secondary N) is 1. The van der Waals surface area contributed by atoms with Gasteiger partial charge in [0.2, 0.25) is 0 Å². The first-order valence-electron chi connectivity index (χ1n) is 8.16. The average molecular weight is 439 g/mol. The molecule has 138 valence electrons. The van der Waals surface area contributed by atoms with E-state index < -0.39 is 17.9 Å². The number of halogens is 2. The lowest BCUT2D eigenvalue weighted by molar-refractivity contribution is -0.139. The minimum Gasteiger partial charge on any atom is -0.480 e. The number of carbonyl (C=O) groups excluding carboxylic acids is 1. The summed E-state index contributed by atoms with van der Waals surface area (Å²) < 4.78 is 0.747. The van der Waals surface area contributed by atoms with Crippen LogP contribution in [0.25, 0.3) is 0 Å². The van der Waals surface area contributed by atoms with E-state index in [1.54, 1.807) is 30.3 Å². The van der Waals surface area contributed by atoms with Crippen LogP contribution in [-0.2, 0) is 16.6 Å². The Morgan fingerprint density at radius 3 is 2.31 bits per heavy atom. The van der Waals surface area contributed by atoms with Crippen molar-refractivity contribution in [2.75, 3.05) is 0 Å². The molecule has 0 aliphatic heterocycles. The van der Waals surface area contributed by atoms with E-state index in [0.717, 1.165) is 10.0 Å². The van der Waals surface area contributed by atoms with Gasteiger partial charge in [-0.05, 0) is 46.9 Å². The third-order valence-corrected chi connectivity index (χ3v) is 5.06. The second kappa shape index (κ2) is 8.23. The Balaban J connectivity index is 2.15. The molecule has 0 unspecified atom stereocenters. The lowest BCUT2D eigenvalue weighted by Gasteiger charge is -2.19. The van der Waals surface area contributed by atoms with Crippen molar-refractivity contribution in [3.8, 4) is 0 Å². The Labute approximate surface area is 166 Å². The third kappa shape index (κ3) is 5.32. The number of benzene rings is 2. The normalized spacial score (nSPS) is 12.5. The fourth-order valence-electron chi connectivity index (χ4n) is 2.48. The van der Waals surface area contributed by atoms with Crippen molar-refractivity contribution < 1.29 is 14.7 Å². The first-order valence-corrected chi connectivity index (χ1v) is 9.33. The maximum atomic E-state index is 12.5. The molecule has 0 saturated heterocycles. The summed E-state index contributed by atoms with van der Waals surface area (Å²) in [6.45, 7) is 6.27. The smallest absolute Gasteiger partial charge is 0.326 e. The summed E-state index contributed by atoms with van der Waals surface area (Å²) in [6, 6.07) is 11.3. The van der Waals surface area contributed by atoms with Crippen LogP contribution in [0.1, 0.15) is 42.3 Å². The number of hydrogen-bond acceptors (Lipinski definition) is 2. The molecule has 2 N–H and O–H groups in total. The molecule has 0 fully saturated rings. The number of rotatable bonds is 5. The maximum absolute atomic E-state index is 12.5. The van der Waals surface area contributed by atoms with Gasteiger partial charge >= 0.3 is 5.97 Å². The SMILES string of the molecule is CC(C)(C)c1ccc(C(=O)N[C@H](Cc2cc(Cl)ccc2Br)C(=O)O)cc1. The topological polar surface area (TPSA) is 66.4 Å². The Morgan fingerprint density at radius 2 is 1.77 bits per heavy atom. The Bertz CT molecular complexity index is 813. The highest BCUT2D eigenvalue weighted by Crippen LogP contribution is 2.23. The number of carboxylic acids is 1. The summed E-state index contributed by atoms with van der Waals surface area (Å²) >= 11 is 9.36. The summed E-state index contributed by atoms with van der Waals surface area (Å²) in [5, 5.41) is 12.6. The standard InChI is InChI=1S/C20H21BrClNO3/c1-20(2,3)14-6-4-12(5-7-14)18(24)23-17(19(25)26)11-13-10-15(22)8-9-16(13)21/h4-10,17H,11H2,1-3H3,(H,23,24)(H,25,26)/t17-/m1/s1. The Kier molecular flexibility index (Phi) is 6.48. The number of amides is 1. The lowest BCUT2D eigenvalue weighted by atomic mass is 9.86. The molecule has 0 aliphatic carbocycles. The molecule has 1 atom stereocenters. The van der Waals surface area contributed by atoms with Gasteiger partial charge in [-0.25, -0.2) is 4.79 Å². The zero-order chi connectivity index (χ0) is 19.5. The number of carboxylic acid groups (broad SMARTS) is 1. The van der Waals surface area contributed by atoms with Crippen molar-refractivity contribution in [1.82, 2.24) is 5.32 Å². The van der Waals surface area contributed by atoms with Crippen molar-refractivity contribution in [1.29, 1.82) is 0 Å². The molecular weight excluding hydrogens is 418 g/mol. The van der Waals surface area contributed by atoms with Crippen molar-refractivity contribution in [2.45, 2.75) is 38.6 Å². The van der Waals surface area contributed by atoms with Crippen LogP contribution >= 0.6 is 27.5 Å². The number of hydrogen-bond donors (Lipinski definition) is 2. The van der Waals surface area contributed by atoms with Crippen LogP contribution in [0.15, 0.2) is 46.9 Å². The summed E-state index contributed by atoms with van der Waals surface area (Å²) in [5.41, 5.74) is 2.23. The van der Waals surface area contributed by atoms with Gasteiger partial charge in [0, 0.05) is 21.5 Å².